The number of hydrogen-bond donors (Lipinski definition) is 2. The molecule has 2 heterocycles. The summed E-state index contributed by atoms with van der Waals surface area (Å²) in [5, 5.41) is 9.78. The molecule has 1 aromatic carbocycles. The van der Waals surface area contributed by atoms with Gasteiger partial charge in [-0.1, -0.05) is 0 Å². The highest BCUT2D eigenvalue weighted by molar-refractivity contribution is 5.95. The van der Waals surface area contributed by atoms with Gasteiger partial charge in [0, 0.05) is 24.6 Å². The van der Waals surface area contributed by atoms with Crippen molar-refractivity contribution in [3.8, 4) is 5.69 Å². The number of anilines is 1. The summed E-state index contributed by atoms with van der Waals surface area (Å²) in [7, 11) is 0. The maximum absolute atomic E-state index is 14.1. The second-order valence-electron chi connectivity index (χ2n) is 5.11. The smallest absolute Gasteiger partial charge is 0.244 e. The minimum absolute atomic E-state index is 0.220. The van der Waals surface area contributed by atoms with Gasteiger partial charge in [0.15, 0.2) is 5.82 Å². The van der Waals surface area contributed by atoms with Gasteiger partial charge >= 0.3 is 0 Å². The first-order valence-electron chi connectivity index (χ1n) is 7.10. The molecule has 116 valence electrons. The summed E-state index contributed by atoms with van der Waals surface area (Å²) in [6.45, 7) is 3.03. The van der Waals surface area contributed by atoms with Gasteiger partial charge in [-0.25, -0.2) is 9.07 Å². The van der Waals surface area contributed by atoms with Crippen LogP contribution in [0, 0.1) is 5.82 Å². The third-order valence-electron chi connectivity index (χ3n) is 3.57. The van der Waals surface area contributed by atoms with Crippen LogP contribution in [-0.4, -0.2) is 41.0 Å². The lowest BCUT2D eigenvalue weighted by Gasteiger charge is -2.29. The number of nitrogens with zero attached hydrogens (tertiary/aromatic N) is 2. The minimum Gasteiger partial charge on any atom is -0.375 e. The van der Waals surface area contributed by atoms with Crippen LogP contribution in [-0.2, 0) is 9.53 Å². The molecular formula is C15H17FN4O2. The molecule has 1 aliphatic heterocycles. The summed E-state index contributed by atoms with van der Waals surface area (Å²) < 4.78 is 21.0. The van der Waals surface area contributed by atoms with Gasteiger partial charge in [0.25, 0.3) is 0 Å². The zero-order valence-electron chi connectivity index (χ0n) is 12.1. The Labute approximate surface area is 127 Å². The molecule has 2 aromatic rings. The first-order valence-corrected chi connectivity index (χ1v) is 7.10. The predicted octanol–water partition coefficient (Wildman–Crippen LogP) is 1.33. The van der Waals surface area contributed by atoms with Gasteiger partial charge in [0.05, 0.1) is 12.7 Å². The van der Waals surface area contributed by atoms with Gasteiger partial charge in [-0.05, 0) is 31.2 Å². The van der Waals surface area contributed by atoms with Gasteiger partial charge in [-0.2, -0.15) is 5.10 Å². The van der Waals surface area contributed by atoms with E-state index in [0.29, 0.717) is 24.5 Å². The van der Waals surface area contributed by atoms with Crippen molar-refractivity contribution in [2.24, 2.45) is 0 Å². The molecule has 1 aliphatic rings. The van der Waals surface area contributed by atoms with Gasteiger partial charge in [-0.3, -0.25) is 4.79 Å². The third kappa shape index (κ3) is 3.00. The largest absolute Gasteiger partial charge is 0.375 e. The van der Waals surface area contributed by atoms with E-state index in [1.165, 1.54) is 10.7 Å². The van der Waals surface area contributed by atoms with Crippen molar-refractivity contribution in [1.29, 1.82) is 0 Å². The van der Waals surface area contributed by atoms with Crippen LogP contribution >= 0.6 is 0 Å². The lowest BCUT2D eigenvalue weighted by Crippen LogP contribution is -2.53. The van der Waals surface area contributed by atoms with E-state index in [-0.39, 0.29) is 12.0 Å². The van der Waals surface area contributed by atoms with E-state index in [1.807, 2.05) is 6.92 Å². The summed E-state index contributed by atoms with van der Waals surface area (Å²) >= 11 is 0. The van der Waals surface area contributed by atoms with Crippen molar-refractivity contribution < 1.29 is 13.9 Å². The van der Waals surface area contributed by atoms with Gasteiger partial charge in [0.1, 0.15) is 11.7 Å². The second-order valence-corrected chi connectivity index (χ2v) is 5.11. The zero-order valence-corrected chi connectivity index (χ0v) is 12.1. The first kappa shape index (κ1) is 14.7. The Morgan fingerprint density at radius 3 is 3.09 bits per heavy atom. The Kier molecular flexibility index (Phi) is 4.17. The number of carbonyl (C=O) groups excluding carboxylic acids is 1. The number of rotatable bonds is 3. The standard InChI is InChI=1S/C15H17FN4O2/c1-10-14(17-6-8-22-10)15(21)19-11-3-4-13(12(16)9-11)20-7-2-5-18-20/h2-5,7,9-10,14,17H,6,8H2,1H3,(H,19,21)/t10-,14+/m1/s1. The fourth-order valence-electron chi connectivity index (χ4n) is 2.43. The van der Waals surface area contributed by atoms with Gasteiger partial charge in [0.2, 0.25) is 5.91 Å². The van der Waals surface area contributed by atoms with Crippen LogP contribution in [0.3, 0.4) is 0 Å². The maximum atomic E-state index is 14.1. The average molecular weight is 304 g/mol. The number of benzene rings is 1. The molecule has 1 fully saturated rings. The molecule has 2 N–H and O–H groups in total. The van der Waals surface area contributed by atoms with E-state index >= 15 is 0 Å². The molecule has 6 nitrogen and oxygen atoms in total. The highest BCUT2D eigenvalue weighted by Gasteiger charge is 2.28. The number of amides is 1. The van der Waals surface area contributed by atoms with Crippen LogP contribution in [0.2, 0.25) is 0 Å². The molecule has 0 spiro atoms. The second kappa shape index (κ2) is 6.25. The van der Waals surface area contributed by atoms with Crippen molar-refractivity contribution in [1.82, 2.24) is 15.1 Å². The van der Waals surface area contributed by atoms with Crippen LogP contribution < -0.4 is 10.6 Å². The Balaban J connectivity index is 1.73. The Morgan fingerprint density at radius 1 is 1.55 bits per heavy atom. The van der Waals surface area contributed by atoms with E-state index in [4.69, 9.17) is 4.74 Å². The summed E-state index contributed by atoms with van der Waals surface area (Å²) in [4.78, 5) is 12.2. The van der Waals surface area contributed by atoms with Crippen LogP contribution in [0.4, 0.5) is 10.1 Å². The molecule has 2 atom stereocenters. The fraction of sp³-hybridized carbons (Fsp3) is 0.333. The topological polar surface area (TPSA) is 68.2 Å². The molecule has 1 amide bonds. The Bertz CT molecular complexity index is 660. The van der Waals surface area contributed by atoms with E-state index in [9.17, 15) is 9.18 Å². The predicted molar refractivity (Wildman–Crippen MR) is 79.4 cm³/mol. The van der Waals surface area contributed by atoms with Crippen LogP contribution in [0.25, 0.3) is 5.69 Å². The number of aromatic nitrogens is 2. The van der Waals surface area contributed by atoms with Crippen LogP contribution in [0.5, 0.6) is 0 Å². The van der Waals surface area contributed by atoms with Crippen molar-refractivity contribution in [3.63, 3.8) is 0 Å². The Hall–Kier alpha value is -2.25. The third-order valence-corrected chi connectivity index (χ3v) is 3.57. The highest BCUT2D eigenvalue weighted by Crippen LogP contribution is 2.18. The highest BCUT2D eigenvalue weighted by atomic mass is 19.1. The van der Waals surface area contributed by atoms with Crippen molar-refractivity contribution in [2.45, 2.75) is 19.1 Å². The number of carbonyl (C=O) groups is 1. The van der Waals surface area contributed by atoms with Crippen molar-refractivity contribution >= 4 is 11.6 Å². The molecular weight excluding hydrogens is 287 g/mol. The number of ether oxygens (including phenoxy) is 1. The van der Waals surface area contributed by atoms with E-state index in [0.717, 1.165) is 0 Å². The number of hydrogen-bond acceptors (Lipinski definition) is 4. The van der Waals surface area contributed by atoms with Crippen molar-refractivity contribution in [2.75, 3.05) is 18.5 Å². The normalized spacial score (nSPS) is 21.5. The molecule has 0 aliphatic carbocycles. The van der Waals surface area contributed by atoms with Gasteiger partial charge < -0.3 is 15.4 Å². The quantitative estimate of drug-likeness (QED) is 0.897. The average Bonchev–Trinajstić information content (AvgIpc) is 3.01. The number of morpholine rings is 1. The molecule has 1 saturated heterocycles. The van der Waals surface area contributed by atoms with E-state index in [2.05, 4.69) is 15.7 Å². The molecule has 0 saturated carbocycles. The molecule has 22 heavy (non-hydrogen) atoms. The number of nitrogens with one attached hydrogen (secondary N) is 2. The molecule has 0 bridgehead atoms. The van der Waals surface area contributed by atoms with Crippen LogP contribution in [0.15, 0.2) is 36.7 Å². The summed E-state index contributed by atoms with van der Waals surface area (Å²) in [5.41, 5.74) is 0.730. The molecule has 1 aromatic heterocycles. The van der Waals surface area contributed by atoms with Crippen molar-refractivity contribution in [3.05, 3.63) is 42.5 Å². The molecule has 0 radical (unpaired) electrons. The summed E-state index contributed by atoms with van der Waals surface area (Å²) in [6, 6.07) is 5.77. The SMILES string of the molecule is C[C@H]1OCCN[C@@H]1C(=O)Nc1ccc(-n2cccn2)c(F)c1. The molecule has 3 rings (SSSR count). The maximum Gasteiger partial charge on any atom is 0.244 e. The minimum atomic E-state index is -0.456. The summed E-state index contributed by atoms with van der Waals surface area (Å²) in [6.07, 6.45) is 3.01. The van der Waals surface area contributed by atoms with Crippen LogP contribution in [0.1, 0.15) is 6.92 Å². The summed E-state index contributed by atoms with van der Waals surface area (Å²) in [5.74, 6) is -0.694. The monoisotopic (exact) mass is 304 g/mol. The van der Waals surface area contributed by atoms with E-state index < -0.39 is 11.9 Å². The molecule has 0 unspecified atom stereocenters. The lowest BCUT2D eigenvalue weighted by molar-refractivity contribution is -0.123. The molecule has 7 heteroatoms. The lowest BCUT2D eigenvalue weighted by atomic mass is 10.1. The zero-order chi connectivity index (χ0) is 15.5. The van der Waals surface area contributed by atoms with Gasteiger partial charge in [-0.15, -0.1) is 0 Å². The number of halogens is 1. The first-order chi connectivity index (χ1) is 10.6. The fourth-order valence-corrected chi connectivity index (χ4v) is 2.43. The van der Waals surface area contributed by atoms with E-state index in [1.54, 1.807) is 30.6 Å². The Morgan fingerprint density at radius 2 is 2.41 bits per heavy atom.